The summed E-state index contributed by atoms with van der Waals surface area (Å²) >= 11 is 0. The number of carbonyl (C=O) groups excluding carboxylic acids is 1. The molecule has 2 amide bonds. The highest BCUT2D eigenvalue weighted by Crippen LogP contribution is 2.21. The molecule has 1 aromatic rings. The molecule has 21 heavy (non-hydrogen) atoms. The molecule has 3 heteroatoms. The molecule has 0 aliphatic carbocycles. The van der Waals surface area contributed by atoms with E-state index >= 15 is 0 Å². The van der Waals surface area contributed by atoms with Crippen LogP contribution >= 0.6 is 0 Å². The summed E-state index contributed by atoms with van der Waals surface area (Å²) in [5.41, 5.74) is 3.32. The second kappa shape index (κ2) is 9.43. The fourth-order valence-corrected chi connectivity index (χ4v) is 2.40. The lowest BCUT2D eigenvalue weighted by Gasteiger charge is -2.24. The number of nitrogens with zero attached hydrogens (tertiary/aromatic N) is 1. The highest BCUT2D eigenvalue weighted by atomic mass is 16.2. The van der Waals surface area contributed by atoms with Crippen LogP contribution in [-0.4, -0.2) is 24.0 Å². The van der Waals surface area contributed by atoms with Crippen molar-refractivity contribution in [1.82, 2.24) is 4.90 Å². The number of urea groups is 1. The Kier molecular flexibility index (Phi) is 7.88. The van der Waals surface area contributed by atoms with Crippen LogP contribution in [0.25, 0.3) is 0 Å². The van der Waals surface area contributed by atoms with Crippen LogP contribution in [0, 0.1) is 6.92 Å². The Bertz CT molecular complexity index is 435. The molecular weight excluding hydrogens is 260 g/mol. The average Bonchev–Trinajstić information content (AvgIpc) is 2.49. The van der Waals surface area contributed by atoms with E-state index in [0.29, 0.717) is 0 Å². The third-order valence-electron chi connectivity index (χ3n) is 3.82. The average molecular weight is 290 g/mol. The number of benzene rings is 1. The quantitative estimate of drug-likeness (QED) is 0.718. The van der Waals surface area contributed by atoms with Crippen LogP contribution in [-0.2, 0) is 6.42 Å². The Morgan fingerprint density at radius 1 is 1.10 bits per heavy atom. The first-order valence-electron chi connectivity index (χ1n) is 8.28. The summed E-state index contributed by atoms with van der Waals surface area (Å²) in [6.07, 6.45) is 5.28. The molecule has 0 aromatic heterocycles. The van der Waals surface area contributed by atoms with Gasteiger partial charge in [0.05, 0.1) is 0 Å². The summed E-state index contributed by atoms with van der Waals surface area (Å²) in [5, 5.41) is 3.13. The van der Waals surface area contributed by atoms with Crippen molar-refractivity contribution in [3.8, 4) is 0 Å². The lowest BCUT2D eigenvalue weighted by molar-refractivity contribution is 0.210. The number of amides is 2. The van der Waals surface area contributed by atoms with Crippen molar-refractivity contribution >= 4 is 11.7 Å². The number of para-hydroxylation sites is 1. The largest absolute Gasteiger partial charge is 0.325 e. The van der Waals surface area contributed by atoms with Crippen molar-refractivity contribution < 1.29 is 4.79 Å². The number of hydrogen-bond acceptors (Lipinski definition) is 1. The van der Waals surface area contributed by atoms with E-state index in [-0.39, 0.29) is 6.03 Å². The Balaban J connectivity index is 2.80. The van der Waals surface area contributed by atoms with Gasteiger partial charge in [-0.1, -0.05) is 51.8 Å². The molecule has 0 heterocycles. The zero-order valence-corrected chi connectivity index (χ0v) is 14.0. The highest BCUT2D eigenvalue weighted by Gasteiger charge is 2.15. The monoisotopic (exact) mass is 290 g/mol. The topological polar surface area (TPSA) is 32.3 Å². The molecule has 1 N–H and O–H groups in total. The van der Waals surface area contributed by atoms with E-state index in [9.17, 15) is 4.79 Å². The van der Waals surface area contributed by atoms with Crippen LogP contribution in [0.3, 0.4) is 0 Å². The minimum absolute atomic E-state index is 0.0425. The lowest BCUT2D eigenvalue weighted by atomic mass is 10.1. The third-order valence-corrected chi connectivity index (χ3v) is 3.82. The minimum Gasteiger partial charge on any atom is -0.325 e. The smallest absolute Gasteiger partial charge is 0.321 e. The normalized spacial score (nSPS) is 10.5. The van der Waals surface area contributed by atoms with E-state index in [4.69, 9.17) is 0 Å². The van der Waals surface area contributed by atoms with E-state index in [2.05, 4.69) is 51.2 Å². The van der Waals surface area contributed by atoms with Crippen molar-refractivity contribution in [2.75, 3.05) is 18.4 Å². The maximum Gasteiger partial charge on any atom is 0.321 e. The molecule has 3 nitrogen and oxygen atoms in total. The minimum atomic E-state index is 0.0425. The van der Waals surface area contributed by atoms with E-state index in [0.717, 1.165) is 56.4 Å². The highest BCUT2D eigenvalue weighted by molar-refractivity contribution is 5.91. The van der Waals surface area contributed by atoms with Gasteiger partial charge in [-0.2, -0.15) is 0 Å². The summed E-state index contributed by atoms with van der Waals surface area (Å²) in [5.74, 6) is 0. The van der Waals surface area contributed by atoms with E-state index < -0.39 is 0 Å². The van der Waals surface area contributed by atoms with Crippen LogP contribution in [0.4, 0.5) is 10.5 Å². The first-order chi connectivity index (χ1) is 10.1. The van der Waals surface area contributed by atoms with Crippen molar-refractivity contribution in [3.05, 3.63) is 29.3 Å². The summed E-state index contributed by atoms with van der Waals surface area (Å²) in [6.45, 7) is 10.2. The number of carbonyl (C=O) groups is 1. The molecule has 0 radical (unpaired) electrons. The standard InChI is InChI=1S/C18H30N2O/c1-5-8-13-20(14-9-6-2)18(21)19-17-15(4)11-10-12-16(17)7-3/h10-12H,5-9,13-14H2,1-4H3,(H,19,21). The molecule has 1 rings (SSSR count). The zero-order valence-electron chi connectivity index (χ0n) is 14.0. The van der Waals surface area contributed by atoms with Crippen LogP contribution in [0.5, 0.6) is 0 Å². The number of anilines is 1. The maximum absolute atomic E-state index is 12.6. The van der Waals surface area contributed by atoms with Gasteiger partial charge in [0.25, 0.3) is 0 Å². The van der Waals surface area contributed by atoms with Gasteiger partial charge in [-0.25, -0.2) is 4.79 Å². The van der Waals surface area contributed by atoms with Gasteiger partial charge in [0.15, 0.2) is 0 Å². The third kappa shape index (κ3) is 5.41. The molecule has 0 unspecified atom stereocenters. The first kappa shape index (κ1) is 17.5. The van der Waals surface area contributed by atoms with Crippen LogP contribution < -0.4 is 5.32 Å². The first-order valence-corrected chi connectivity index (χ1v) is 8.28. The van der Waals surface area contributed by atoms with E-state index in [1.807, 2.05) is 4.90 Å². The van der Waals surface area contributed by atoms with Crippen molar-refractivity contribution in [3.63, 3.8) is 0 Å². The molecule has 0 aliphatic heterocycles. The van der Waals surface area contributed by atoms with Gasteiger partial charge >= 0.3 is 6.03 Å². The van der Waals surface area contributed by atoms with Crippen molar-refractivity contribution in [2.24, 2.45) is 0 Å². The van der Waals surface area contributed by atoms with Gasteiger partial charge in [-0.15, -0.1) is 0 Å². The fraction of sp³-hybridized carbons (Fsp3) is 0.611. The molecule has 0 saturated heterocycles. The molecule has 0 aliphatic rings. The molecule has 0 bridgehead atoms. The predicted octanol–water partition coefficient (Wildman–Crippen LogP) is 4.99. The van der Waals surface area contributed by atoms with Crippen LogP contribution in [0.15, 0.2) is 18.2 Å². The lowest BCUT2D eigenvalue weighted by Crippen LogP contribution is -2.36. The van der Waals surface area contributed by atoms with E-state index in [1.165, 1.54) is 5.56 Å². The number of unbranched alkanes of at least 4 members (excludes halogenated alkanes) is 2. The zero-order chi connectivity index (χ0) is 15.7. The number of aryl methyl sites for hydroxylation is 2. The van der Waals surface area contributed by atoms with Gasteiger partial charge in [0, 0.05) is 18.8 Å². The molecule has 0 atom stereocenters. The summed E-state index contributed by atoms with van der Waals surface area (Å²) in [6, 6.07) is 6.23. The summed E-state index contributed by atoms with van der Waals surface area (Å²) < 4.78 is 0. The second-order valence-electron chi connectivity index (χ2n) is 5.59. The van der Waals surface area contributed by atoms with Gasteiger partial charge in [-0.05, 0) is 37.3 Å². The van der Waals surface area contributed by atoms with E-state index in [1.54, 1.807) is 0 Å². The molecule has 118 valence electrons. The van der Waals surface area contributed by atoms with Gasteiger partial charge in [0.1, 0.15) is 0 Å². The fourth-order valence-electron chi connectivity index (χ4n) is 2.40. The Hall–Kier alpha value is -1.51. The molecule has 0 saturated carbocycles. The predicted molar refractivity (Wildman–Crippen MR) is 91.0 cm³/mol. The number of nitrogens with one attached hydrogen (secondary N) is 1. The summed E-state index contributed by atoms with van der Waals surface area (Å²) in [4.78, 5) is 14.5. The SMILES string of the molecule is CCCCN(CCCC)C(=O)Nc1c(C)cccc1CC. The molecule has 0 fully saturated rings. The molecule has 1 aromatic carbocycles. The number of hydrogen-bond donors (Lipinski definition) is 1. The van der Waals surface area contributed by atoms with Gasteiger partial charge in [0.2, 0.25) is 0 Å². The molecular formula is C18H30N2O. The van der Waals surface area contributed by atoms with Crippen LogP contribution in [0.1, 0.15) is 57.6 Å². The number of rotatable bonds is 8. The summed E-state index contributed by atoms with van der Waals surface area (Å²) in [7, 11) is 0. The Labute approximate surface area is 129 Å². The van der Waals surface area contributed by atoms with Crippen molar-refractivity contribution in [1.29, 1.82) is 0 Å². The van der Waals surface area contributed by atoms with Gasteiger partial charge in [-0.3, -0.25) is 0 Å². The Morgan fingerprint density at radius 3 is 2.24 bits per heavy atom. The second-order valence-corrected chi connectivity index (χ2v) is 5.59. The maximum atomic E-state index is 12.6. The van der Waals surface area contributed by atoms with Gasteiger partial charge < -0.3 is 10.2 Å². The Morgan fingerprint density at radius 2 is 1.71 bits per heavy atom. The van der Waals surface area contributed by atoms with Crippen molar-refractivity contribution in [2.45, 2.75) is 59.8 Å². The van der Waals surface area contributed by atoms with Crippen LogP contribution in [0.2, 0.25) is 0 Å². The molecule has 0 spiro atoms.